The number of amides is 2. The second-order valence-corrected chi connectivity index (χ2v) is 8.21. The number of benzene rings is 1. The maximum atomic E-state index is 12.8. The number of carbonyl (C=O) groups is 5. The molecule has 0 unspecified atom stereocenters. The summed E-state index contributed by atoms with van der Waals surface area (Å²) in [6.07, 6.45) is -0.505. The lowest BCUT2D eigenvalue weighted by Crippen LogP contribution is -2.50. The Labute approximate surface area is 198 Å². The molecule has 0 aliphatic heterocycles. The third kappa shape index (κ3) is 9.25. The SMILES string of the molecule is COc1cc(C(=O)[C@@H](CO)SC[C@H](NC(=O)CC[C@H](N)C(=O)O)C(=O)NCC(=O)O)ccc1O. The van der Waals surface area contributed by atoms with Crippen molar-refractivity contribution in [1.29, 1.82) is 0 Å². The molecule has 1 aromatic rings. The van der Waals surface area contributed by atoms with Crippen LogP contribution >= 0.6 is 11.8 Å². The molecule has 0 aliphatic carbocycles. The lowest BCUT2D eigenvalue weighted by atomic mass is 10.1. The first-order chi connectivity index (χ1) is 16.0. The molecule has 2 amide bonds. The van der Waals surface area contributed by atoms with Gasteiger partial charge in [-0.25, -0.2) is 0 Å². The van der Waals surface area contributed by atoms with Crippen molar-refractivity contribution in [3.05, 3.63) is 23.8 Å². The maximum absolute atomic E-state index is 12.8. The van der Waals surface area contributed by atoms with E-state index in [0.29, 0.717) is 0 Å². The number of rotatable bonds is 15. The second kappa shape index (κ2) is 14.0. The van der Waals surface area contributed by atoms with Crippen LogP contribution < -0.4 is 21.1 Å². The van der Waals surface area contributed by atoms with Crippen molar-refractivity contribution in [3.8, 4) is 11.5 Å². The van der Waals surface area contributed by atoms with Gasteiger partial charge in [-0.3, -0.25) is 24.0 Å². The molecule has 34 heavy (non-hydrogen) atoms. The summed E-state index contributed by atoms with van der Waals surface area (Å²) < 4.78 is 4.96. The van der Waals surface area contributed by atoms with E-state index in [4.69, 9.17) is 20.7 Å². The van der Waals surface area contributed by atoms with Crippen molar-refractivity contribution in [3.63, 3.8) is 0 Å². The van der Waals surface area contributed by atoms with E-state index in [2.05, 4.69) is 10.6 Å². The fourth-order valence-corrected chi connectivity index (χ4v) is 3.64. The van der Waals surface area contributed by atoms with Crippen molar-refractivity contribution < 1.29 is 49.1 Å². The number of Topliss-reactive ketones (excluding diaryl/α,β-unsaturated/α-hetero) is 1. The van der Waals surface area contributed by atoms with Gasteiger partial charge in [0.25, 0.3) is 0 Å². The van der Waals surface area contributed by atoms with Gasteiger partial charge in [-0.1, -0.05) is 0 Å². The highest BCUT2D eigenvalue weighted by Gasteiger charge is 2.27. The number of hydrogen-bond donors (Lipinski definition) is 7. The average Bonchev–Trinajstić information content (AvgIpc) is 2.80. The largest absolute Gasteiger partial charge is 0.504 e. The Morgan fingerprint density at radius 1 is 1.18 bits per heavy atom. The first-order valence-corrected chi connectivity index (χ1v) is 11.0. The van der Waals surface area contributed by atoms with E-state index in [-0.39, 0.29) is 35.7 Å². The van der Waals surface area contributed by atoms with Gasteiger partial charge >= 0.3 is 11.9 Å². The van der Waals surface area contributed by atoms with E-state index in [0.717, 1.165) is 11.8 Å². The minimum atomic E-state index is -1.32. The summed E-state index contributed by atoms with van der Waals surface area (Å²) in [6.45, 7) is -1.33. The molecule has 0 aliphatic rings. The molecular weight excluding hydrogens is 474 g/mol. The highest BCUT2D eigenvalue weighted by Crippen LogP contribution is 2.28. The van der Waals surface area contributed by atoms with Crippen LogP contribution in [0.3, 0.4) is 0 Å². The Bertz CT molecular complexity index is 911. The molecule has 1 rings (SSSR count). The number of phenolic OH excluding ortho intramolecular Hbond substituents is 1. The first kappa shape index (κ1) is 28.7. The number of carboxylic acid groups (broad SMARTS) is 2. The third-order valence-corrected chi connectivity index (χ3v) is 5.74. The van der Waals surface area contributed by atoms with Crippen molar-refractivity contribution >= 4 is 41.3 Å². The zero-order valence-corrected chi connectivity index (χ0v) is 19.0. The molecule has 0 heterocycles. The number of aliphatic hydroxyl groups is 1. The predicted octanol–water partition coefficient (Wildman–Crippen LogP) is -1.44. The van der Waals surface area contributed by atoms with E-state index in [1.165, 1.54) is 25.3 Å². The highest BCUT2D eigenvalue weighted by atomic mass is 32.2. The minimum absolute atomic E-state index is 0.0466. The Kier molecular flexibility index (Phi) is 11.8. The maximum Gasteiger partial charge on any atom is 0.322 e. The summed E-state index contributed by atoms with van der Waals surface area (Å²) in [7, 11) is 1.30. The molecule has 13 nitrogen and oxygen atoms in total. The van der Waals surface area contributed by atoms with Crippen LogP contribution in [0.2, 0.25) is 0 Å². The number of phenols is 1. The van der Waals surface area contributed by atoms with Crippen LogP contribution in [0, 0.1) is 0 Å². The van der Waals surface area contributed by atoms with Crippen LogP contribution in [-0.2, 0) is 19.2 Å². The number of aliphatic carboxylic acids is 2. The van der Waals surface area contributed by atoms with Crippen molar-refractivity contribution in [1.82, 2.24) is 10.6 Å². The fourth-order valence-electron chi connectivity index (χ4n) is 2.59. The van der Waals surface area contributed by atoms with Gasteiger partial charge in [0.1, 0.15) is 18.6 Å². The van der Waals surface area contributed by atoms with E-state index in [9.17, 15) is 34.2 Å². The highest BCUT2D eigenvalue weighted by molar-refractivity contribution is 8.00. The molecule has 3 atom stereocenters. The molecule has 0 radical (unpaired) electrons. The Hall–Kier alpha value is -3.36. The third-order valence-electron chi connectivity index (χ3n) is 4.45. The van der Waals surface area contributed by atoms with Crippen molar-refractivity contribution in [2.45, 2.75) is 30.2 Å². The monoisotopic (exact) mass is 501 g/mol. The number of methoxy groups -OCH3 is 1. The molecular formula is C20H27N3O10S. The summed E-state index contributed by atoms with van der Waals surface area (Å²) >= 11 is 0.839. The Morgan fingerprint density at radius 3 is 2.41 bits per heavy atom. The smallest absolute Gasteiger partial charge is 0.322 e. The molecule has 0 aromatic heterocycles. The number of nitrogens with two attached hydrogens (primary N) is 1. The molecule has 0 fully saturated rings. The summed E-state index contributed by atoms with van der Waals surface area (Å²) in [5.41, 5.74) is 5.48. The minimum Gasteiger partial charge on any atom is -0.504 e. The molecule has 0 bridgehead atoms. The number of carboxylic acids is 2. The fraction of sp³-hybridized carbons (Fsp3) is 0.450. The van der Waals surface area contributed by atoms with Gasteiger partial charge in [-0.05, 0) is 24.6 Å². The Balaban J connectivity index is 2.89. The van der Waals surface area contributed by atoms with Gasteiger partial charge in [0, 0.05) is 17.7 Å². The van der Waals surface area contributed by atoms with Gasteiger partial charge in [0.05, 0.1) is 19.0 Å². The van der Waals surface area contributed by atoms with E-state index in [1.807, 2.05) is 0 Å². The quantitative estimate of drug-likeness (QED) is 0.137. The van der Waals surface area contributed by atoms with Gasteiger partial charge in [0.15, 0.2) is 17.3 Å². The predicted molar refractivity (Wildman–Crippen MR) is 120 cm³/mol. The molecule has 0 spiro atoms. The topological polar surface area (TPSA) is 226 Å². The van der Waals surface area contributed by atoms with Crippen LogP contribution in [0.1, 0.15) is 23.2 Å². The first-order valence-electron chi connectivity index (χ1n) is 9.91. The number of hydrogen-bond acceptors (Lipinski definition) is 10. The normalized spacial score (nSPS) is 13.3. The molecule has 14 heteroatoms. The van der Waals surface area contributed by atoms with Crippen LogP contribution in [0.4, 0.5) is 0 Å². The average molecular weight is 502 g/mol. The van der Waals surface area contributed by atoms with E-state index < -0.39 is 60.0 Å². The van der Waals surface area contributed by atoms with Gasteiger partial charge < -0.3 is 41.5 Å². The second-order valence-electron chi connectivity index (χ2n) is 6.97. The molecule has 0 saturated carbocycles. The molecule has 1 aromatic carbocycles. The number of carbonyl (C=O) groups excluding carboxylic acids is 3. The van der Waals surface area contributed by atoms with Crippen LogP contribution in [0.25, 0.3) is 0 Å². The number of nitrogens with one attached hydrogen (secondary N) is 2. The van der Waals surface area contributed by atoms with E-state index in [1.54, 1.807) is 0 Å². The van der Waals surface area contributed by atoms with E-state index >= 15 is 0 Å². The van der Waals surface area contributed by atoms with Crippen LogP contribution in [0.5, 0.6) is 11.5 Å². The number of ketones is 1. The van der Waals surface area contributed by atoms with Crippen LogP contribution in [-0.4, -0.2) is 93.3 Å². The lowest BCUT2D eigenvalue weighted by Gasteiger charge is -2.20. The zero-order chi connectivity index (χ0) is 25.8. The van der Waals surface area contributed by atoms with Crippen LogP contribution in [0.15, 0.2) is 18.2 Å². The number of thioether (sulfide) groups is 1. The number of ether oxygens (including phenoxy) is 1. The summed E-state index contributed by atoms with van der Waals surface area (Å²) in [6, 6.07) is 1.29. The van der Waals surface area contributed by atoms with Crippen molar-refractivity contribution in [2.75, 3.05) is 26.0 Å². The number of aliphatic hydroxyl groups excluding tert-OH is 1. The van der Waals surface area contributed by atoms with Crippen molar-refractivity contribution in [2.24, 2.45) is 5.73 Å². The Morgan fingerprint density at radius 2 is 1.85 bits per heavy atom. The lowest BCUT2D eigenvalue weighted by molar-refractivity contribution is -0.139. The summed E-state index contributed by atoms with van der Waals surface area (Å²) in [4.78, 5) is 58.8. The number of aromatic hydroxyl groups is 1. The molecule has 8 N–H and O–H groups in total. The van der Waals surface area contributed by atoms with Gasteiger partial charge in [0.2, 0.25) is 11.8 Å². The molecule has 188 valence electrons. The summed E-state index contributed by atoms with van der Waals surface area (Å²) in [5.74, 6) is -5.05. The van der Waals surface area contributed by atoms with Gasteiger partial charge in [-0.15, -0.1) is 11.8 Å². The van der Waals surface area contributed by atoms with Gasteiger partial charge in [-0.2, -0.15) is 0 Å². The zero-order valence-electron chi connectivity index (χ0n) is 18.2. The summed E-state index contributed by atoms with van der Waals surface area (Å²) in [5, 5.41) is 40.3. The standard InChI is InChI=1S/C20H27N3O10S/c1-33-14-6-10(2-4-13(14)25)18(29)15(8-24)34-9-12(19(30)22-7-17(27)28)23-16(26)5-3-11(21)20(31)32/h2,4,6,11-12,15,24-25H,3,5,7-9,21H2,1H3,(H,22,30)(H,23,26)(H,27,28)(H,31,32)/t11-,12-,15+/m0/s1. The molecule has 0 saturated heterocycles.